The van der Waals surface area contributed by atoms with Gasteiger partial charge < -0.3 is 10.3 Å². The van der Waals surface area contributed by atoms with Crippen LogP contribution in [0.2, 0.25) is 0 Å². The Labute approximate surface area is 163 Å². The number of aromatic nitrogens is 6. The van der Waals surface area contributed by atoms with Gasteiger partial charge in [0.25, 0.3) is 0 Å². The number of rotatable bonds is 5. The van der Waals surface area contributed by atoms with Crippen LogP contribution in [0.4, 0.5) is 14.6 Å². The number of aromatic amines is 1. The van der Waals surface area contributed by atoms with Crippen LogP contribution in [0.1, 0.15) is 5.56 Å². The van der Waals surface area contributed by atoms with Crippen LogP contribution in [0.25, 0.3) is 27.9 Å². The molecular weight excluding hydrogens is 376 g/mol. The van der Waals surface area contributed by atoms with E-state index in [-0.39, 0.29) is 11.6 Å². The summed E-state index contributed by atoms with van der Waals surface area (Å²) in [6.07, 6.45) is 6.45. The van der Waals surface area contributed by atoms with Crippen molar-refractivity contribution in [1.82, 2.24) is 29.3 Å². The highest BCUT2D eigenvalue weighted by Crippen LogP contribution is 2.28. The molecule has 0 unspecified atom stereocenters. The zero-order valence-electron chi connectivity index (χ0n) is 15.1. The number of imidazole rings is 2. The second kappa shape index (κ2) is 6.93. The second-order valence-electron chi connectivity index (χ2n) is 6.53. The van der Waals surface area contributed by atoms with E-state index in [1.54, 1.807) is 22.9 Å². The molecule has 29 heavy (non-hydrogen) atoms. The molecule has 0 atom stereocenters. The first-order chi connectivity index (χ1) is 14.2. The first-order valence-electron chi connectivity index (χ1n) is 8.98. The zero-order chi connectivity index (χ0) is 19.8. The van der Waals surface area contributed by atoms with E-state index in [1.807, 2.05) is 0 Å². The van der Waals surface area contributed by atoms with Crippen molar-refractivity contribution in [2.45, 2.75) is 6.42 Å². The lowest BCUT2D eigenvalue weighted by atomic mass is 10.0. The van der Waals surface area contributed by atoms with Crippen LogP contribution in [0.3, 0.4) is 0 Å². The van der Waals surface area contributed by atoms with Gasteiger partial charge in [-0.25, -0.2) is 28.7 Å². The van der Waals surface area contributed by atoms with Crippen LogP contribution in [0, 0.1) is 11.6 Å². The van der Waals surface area contributed by atoms with Crippen molar-refractivity contribution in [3.05, 3.63) is 72.7 Å². The molecule has 0 bridgehead atoms. The molecule has 144 valence electrons. The van der Waals surface area contributed by atoms with Crippen molar-refractivity contribution >= 4 is 22.5 Å². The van der Waals surface area contributed by atoms with Crippen molar-refractivity contribution in [3.8, 4) is 11.3 Å². The van der Waals surface area contributed by atoms with Crippen LogP contribution in [-0.2, 0) is 6.42 Å². The number of hydrogen-bond donors (Lipinski definition) is 2. The van der Waals surface area contributed by atoms with Gasteiger partial charge in [-0.3, -0.25) is 4.40 Å². The monoisotopic (exact) mass is 391 g/mol. The third-order valence-electron chi connectivity index (χ3n) is 4.74. The smallest absolute Gasteiger partial charge is 0.182 e. The quantitative estimate of drug-likeness (QED) is 0.478. The molecule has 0 saturated heterocycles. The van der Waals surface area contributed by atoms with Crippen LogP contribution < -0.4 is 5.32 Å². The molecule has 1 aromatic carbocycles. The summed E-state index contributed by atoms with van der Waals surface area (Å²) in [4.78, 5) is 19.5. The maximum Gasteiger partial charge on any atom is 0.182 e. The normalized spacial score (nSPS) is 11.4. The minimum atomic E-state index is -0.379. The number of H-pyrrole nitrogens is 1. The zero-order valence-corrected chi connectivity index (χ0v) is 15.1. The predicted molar refractivity (Wildman–Crippen MR) is 104 cm³/mol. The molecule has 4 aromatic heterocycles. The third-order valence-corrected chi connectivity index (χ3v) is 4.74. The molecule has 0 aliphatic rings. The van der Waals surface area contributed by atoms with Gasteiger partial charge in [-0.15, -0.1) is 0 Å². The number of nitrogens with zero attached hydrogens (tertiary/aromatic N) is 5. The first-order valence-corrected chi connectivity index (χ1v) is 8.98. The molecule has 0 saturated carbocycles. The van der Waals surface area contributed by atoms with Gasteiger partial charge >= 0.3 is 0 Å². The predicted octanol–water partition coefficient (Wildman–Crippen LogP) is 3.60. The summed E-state index contributed by atoms with van der Waals surface area (Å²) in [7, 11) is 0. The average molecular weight is 391 g/mol. The van der Waals surface area contributed by atoms with Gasteiger partial charge in [-0.05, 0) is 30.2 Å². The van der Waals surface area contributed by atoms with Crippen LogP contribution in [0.5, 0.6) is 0 Å². The van der Waals surface area contributed by atoms with E-state index < -0.39 is 0 Å². The molecule has 4 heterocycles. The Kier molecular flexibility index (Phi) is 4.12. The number of fused-ring (bicyclic) bond motifs is 2. The van der Waals surface area contributed by atoms with Crippen molar-refractivity contribution in [3.63, 3.8) is 0 Å². The summed E-state index contributed by atoms with van der Waals surface area (Å²) in [5, 5.41) is 3.23. The number of pyridine rings is 1. The third kappa shape index (κ3) is 3.06. The molecular formula is C20H15F2N7. The van der Waals surface area contributed by atoms with E-state index in [2.05, 4.69) is 30.2 Å². The minimum absolute atomic E-state index is 0.343. The van der Waals surface area contributed by atoms with Crippen molar-refractivity contribution < 1.29 is 8.78 Å². The molecule has 0 spiro atoms. The lowest BCUT2D eigenvalue weighted by molar-refractivity contribution is 0.627. The van der Waals surface area contributed by atoms with Crippen LogP contribution in [0.15, 0.2) is 55.5 Å². The lowest BCUT2D eigenvalue weighted by Crippen LogP contribution is -2.10. The van der Waals surface area contributed by atoms with Crippen molar-refractivity contribution in [2.75, 3.05) is 11.9 Å². The molecule has 0 radical (unpaired) electrons. The molecule has 5 rings (SSSR count). The molecule has 9 heteroatoms. The van der Waals surface area contributed by atoms with Gasteiger partial charge in [-0.2, -0.15) is 0 Å². The largest absolute Gasteiger partial charge is 0.368 e. The van der Waals surface area contributed by atoms with Gasteiger partial charge in [0.15, 0.2) is 11.5 Å². The topological polar surface area (TPSA) is 83.8 Å². The number of nitrogens with one attached hydrogen (secondary N) is 2. The average Bonchev–Trinajstić information content (AvgIpc) is 3.38. The van der Waals surface area contributed by atoms with Crippen LogP contribution >= 0.6 is 0 Å². The molecule has 7 nitrogen and oxygen atoms in total. The lowest BCUT2D eigenvalue weighted by Gasteiger charge is -2.14. The Hall–Kier alpha value is -3.88. The highest BCUT2D eigenvalue weighted by atomic mass is 19.1. The number of benzene rings is 1. The fourth-order valence-corrected chi connectivity index (χ4v) is 3.47. The van der Waals surface area contributed by atoms with E-state index in [1.165, 1.54) is 37.1 Å². The molecule has 0 aliphatic heterocycles. The van der Waals surface area contributed by atoms with Gasteiger partial charge in [-0.1, -0.05) is 12.1 Å². The molecule has 2 N–H and O–H groups in total. The Morgan fingerprint density at radius 3 is 2.93 bits per heavy atom. The number of anilines is 1. The van der Waals surface area contributed by atoms with E-state index in [9.17, 15) is 8.78 Å². The standard InChI is InChI=1S/C20H15F2N7/c21-14-3-1-2-12(6-14)18-13(7-15(22)16-8-23-11-29(16)18)4-5-24-19-17-20(26-9-25-17)28-10-27-19/h1-3,6-11H,4-5H2,(H2,24,25,26,27,28). The van der Waals surface area contributed by atoms with Gasteiger partial charge in [0.2, 0.25) is 0 Å². The summed E-state index contributed by atoms with van der Waals surface area (Å²) in [6, 6.07) is 7.72. The van der Waals surface area contributed by atoms with E-state index >= 15 is 0 Å². The highest BCUT2D eigenvalue weighted by Gasteiger charge is 2.15. The fourth-order valence-electron chi connectivity index (χ4n) is 3.47. The summed E-state index contributed by atoms with van der Waals surface area (Å²) < 4.78 is 30.1. The maximum atomic E-state index is 14.6. The summed E-state index contributed by atoms with van der Waals surface area (Å²) in [5.74, 6) is -0.119. The molecule has 0 fully saturated rings. The first kappa shape index (κ1) is 17.2. The Morgan fingerprint density at radius 2 is 2.03 bits per heavy atom. The van der Waals surface area contributed by atoms with Gasteiger partial charge in [0.05, 0.1) is 24.5 Å². The second-order valence-corrected chi connectivity index (χ2v) is 6.53. The van der Waals surface area contributed by atoms with Gasteiger partial charge in [0, 0.05) is 12.1 Å². The Morgan fingerprint density at radius 1 is 1.10 bits per heavy atom. The van der Waals surface area contributed by atoms with Crippen molar-refractivity contribution in [1.29, 1.82) is 0 Å². The minimum Gasteiger partial charge on any atom is -0.368 e. The molecule has 0 aliphatic carbocycles. The Balaban J connectivity index is 1.51. The number of halogens is 2. The SMILES string of the molecule is Fc1cccc(-c2c(CCNc3ncnc4nc[nH]c34)cc(F)c3cncn23)c1. The van der Waals surface area contributed by atoms with E-state index in [0.29, 0.717) is 46.7 Å². The summed E-state index contributed by atoms with van der Waals surface area (Å²) in [5.41, 5.74) is 3.69. The van der Waals surface area contributed by atoms with Crippen LogP contribution in [-0.4, -0.2) is 35.9 Å². The fraction of sp³-hybridized carbons (Fsp3) is 0.100. The highest BCUT2D eigenvalue weighted by molar-refractivity contribution is 5.81. The summed E-state index contributed by atoms with van der Waals surface area (Å²) >= 11 is 0. The maximum absolute atomic E-state index is 14.6. The molecule has 5 aromatic rings. The van der Waals surface area contributed by atoms with Gasteiger partial charge in [0.1, 0.15) is 29.0 Å². The van der Waals surface area contributed by atoms with E-state index in [4.69, 9.17) is 0 Å². The Bertz CT molecular complexity index is 1330. The summed E-state index contributed by atoms with van der Waals surface area (Å²) in [6.45, 7) is 0.479. The van der Waals surface area contributed by atoms with E-state index in [0.717, 1.165) is 5.56 Å². The van der Waals surface area contributed by atoms with Crippen molar-refractivity contribution in [2.24, 2.45) is 0 Å². The molecule has 0 amide bonds. The number of hydrogen-bond acceptors (Lipinski definition) is 5.